The quantitative estimate of drug-likeness (QED) is 0.298. The predicted molar refractivity (Wildman–Crippen MR) is 120 cm³/mol. The number of esters is 1. The van der Waals surface area contributed by atoms with E-state index in [9.17, 15) is 19.5 Å². The fourth-order valence-electron chi connectivity index (χ4n) is 4.05. The monoisotopic (exact) mass is 439 g/mol. The molecule has 1 fully saturated rings. The molecule has 2 N–H and O–H groups in total. The summed E-state index contributed by atoms with van der Waals surface area (Å²) in [5, 5.41) is 11.3. The number of carbonyl (C=O) groups excluding carboxylic acids is 3. The first-order chi connectivity index (χ1) is 15.2. The van der Waals surface area contributed by atoms with Gasteiger partial charge in [0.2, 0.25) is 0 Å². The lowest BCUT2D eigenvalue weighted by Crippen LogP contribution is -2.35. The van der Waals surface area contributed by atoms with Gasteiger partial charge in [-0.25, -0.2) is 4.79 Å². The van der Waals surface area contributed by atoms with Gasteiger partial charge in [-0.1, -0.05) is 30.3 Å². The van der Waals surface area contributed by atoms with Gasteiger partial charge < -0.3 is 24.6 Å². The van der Waals surface area contributed by atoms with Crippen molar-refractivity contribution in [3.63, 3.8) is 0 Å². The number of H-pyrrole nitrogens is 1. The third kappa shape index (κ3) is 4.18. The molecule has 3 rings (SSSR count). The number of nitrogens with zero attached hydrogens (tertiary/aromatic N) is 2. The van der Waals surface area contributed by atoms with Crippen molar-refractivity contribution in [2.24, 2.45) is 0 Å². The average molecular weight is 440 g/mol. The molecular weight excluding hydrogens is 410 g/mol. The summed E-state index contributed by atoms with van der Waals surface area (Å²) < 4.78 is 5.08. The zero-order valence-corrected chi connectivity index (χ0v) is 19.1. The molecular formula is C24H29N3O5. The second-order valence-electron chi connectivity index (χ2n) is 8.05. The van der Waals surface area contributed by atoms with Crippen LogP contribution in [0.1, 0.15) is 45.8 Å². The van der Waals surface area contributed by atoms with Crippen molar-refractivity contribution in [2.75, 3.05) is 33.8 Å². The van der Waals surface area contributed by atoms with Crippen LogP contribution >= 0.6 is 0 Å². The van der Waals surface area contributed by atoms with E-state index >= 15 is 0 Å². The Morgan fingerprint density at radius 2 is 1.84 bits per heavy atom. The topological polar surface area (TPSA) is 103 Å². The average Bonchev–Trinajstić information content (AvgIpc) is 3.19. The van der Waals surface area contributed by atoms with Crippen LogP contribution in [0.4, 0.5) is 0 Å². The highest BCUT2D eigenvalue weighted by Gasteiger charge is 2.46. The number of ether oxygens (including phenoxy) is 1. The molecule has 1 aliphatic heterocycles. The second-order valence-corrected chi connectivity index (χ2v) is 8.05. The van der Waals surface area contributed by atoms with Crippen LogP contribution in [0.15, 0.2) is 35.9 Å². The van der Waals surface area contributed by atoms with Crippen molar-refractivity contribution in [1.29, 1.82) is 0 Å². The van der Waals surface area contributed by atoms with E-state index in [2.05, 4.69) is 4.98 Å². The van der Waals surface area contributed by atoms with Gasteiger partial charge in [0.05, 0.1) is 18.2 Å². The minimum atomic E-state index is -0.743. The van der Waals surface area contributed by atoms with Crippen molar-refractivity contribution in [3.05, 3.63) is 64.0 Å². The van der Waals surface area contributed by atoms with Crippen LogP contribution in [0.2, 0.25) is 0 Å². The number of ketones is 1. The van der Waals surface area contributed by atoms with E-state index in [-0.39, 0.29) is 23.6 Å². The highest BCUT2D eigenvalue weighted by molar-refractivity contribution is 6.46. The van der Waals surface area contributed by atoms with E-state index in [1.54, 1.807) is 20.8 Å². The molecule has 0 saturated carbocycles. The molecule has 8 heteroatoms. The largest absolute Gasteiger partial charge is 0.507 e. The van der Waals surface area contributed by atoms with E-state index in [4.69, 9.17) is 4.74 Å². The first-order valence-corrected chi connectivity index (χ1v) is 10.5. The molecule has 0 bridgehead atoms. The lowest BCUT2D eigenvalue weighted by atomic mass is 9.94. The molecule has 1 aliphatic rings. The van der Waals surface area contributed by atoms with Gasteiger partial charge in [-0.05, 0) is 46.0 Å². The maximum absolute atomic E-state index is 13.1. The Bertz CT molecular complexity index is 1070. The van der Waals surface area contributed by atoms with E-state index < -0.39 is 23.7 Å². The maximum Gasteiger partial charge on any atom is 0.355 e. The summed E-state index contributed by atoms with van der Waals surface area (Å²) in [6.07, 6.45) is 0. The number of aromatic amines is 1. The predicted octanol–water partition coefficient (Wildman–Crippen LogP) is 2.79. The van der Waals surface area contributed by atoms with Crippen LogP contribution in [-0.2, 0) is 14.3 Å². The number of likely N-dealkylation sites (tertiary alicyclic amines) is 1. The number of amides is 1. The Hall–Kier alpha value is -3.39. The first-order valence-electron chi connectivity index (χ1n) is 10.5. The molecule has 0 radical (unpaired) electrons. The normalized spacial score (nSPS) is 17.9. The number of benzene rings is 1. The van der Waals surface area contributed by atoms with Gasteiger partial charge in [-0.15, -0.1) is 0 Å². The van der Waals surface area contributed by atoms with E-state index in [0.717, 1.165) is 5.56 Å². The number of nitrogens with one attached hydrogen (secondary N) is 1. The number of hydrogen-bond acceptors (Lipinski definition) is 6. The van der Waals surface area contributed by atoms with Gasteiger partial charge >= 0.3 is 5.97 Å². The van der Waals surface area contributed by atoms with Crippen LogP contribution in [-0.4, -0.2) is 71.3 Å². The van der Waals surface area contributed by atoms with E-state index in [1.807, 2.05) is 49.3 Å². The summed E-state index contributed by atoms with van der Waals surface area (Å²) >= 11 is 0. The van der Waals surface area contributed by atoms with E-state index in [1.165, 1.54) is 4.90 Å². The van der Waals surface area contributed by atoms with Gasteiger partial charge in [-0.2, -0.15) is 0 Å². The SMILES string of the molecule is CCOC(=O)c1[nH]c(C)c(/C(O)=C2\C(=O)C(=O)N(CCN(C)C)[C@@H]2c2ccccc2)c1C. The number of aryl methyl sites for hydroxylation is 1. The molecule has 2 heterocycles. The Balaban J connectivity index is 2.18. The standard InChI is InChI=1S/C24H29N3O5/c1-6-32-24(31)19-14(2)17(15(3)25-19)21(28)18-20(16-10-8-7-9-11-16)27(13-12-26(4)5)23(30)22(18)29/h7-11,20,25,28H,6,12-13H2,1-5H3/b21-18+/t20-/m1/s1. The van der Waals surface area contributed by atoms with Gasteiger partial charge in [-0.3, -0.25) is 9.59 Å². The lowest BCUT2D eigenvalue weighted by Gasteiger charge is -2.26. The number of aliphatic hydroxyl groups is 1. The lowest BCUT2D eigenvalue weighted by molar-refractivity contribution is -0.140. The van der Waals surface area contributed by atoms with Crippen LogP contribution in [0, 0.1) is 13.8 Å². The minimum Gasteiger partial charge on any atom is -0.507 e. The summed E-state index contributed by atoms with van der Waals surface area (Å²) in [6, 6.07) is 8.43. The summed E-state index contributed by atoms with van der Waals surface area (Å²) in [5.74, 6) is -2.24. The van der Waals surface area contributed by atoms with Crippen LogP contribution in [0.25, 0.3) is 5.76 Å². The third-order valence-electron chi connectivity index (χ3n) is 5.60. The molecule has 1 aromatic heterocycles. The zero-order valence-electron chi connectivity index (χ0n) is 19.1. The summed E-state index contributed by atoms with van der Waals surface area (Å²) in [5.41, 5.74) is 2.26. The number of aromatic nitrogens is 1. The molecule has 1 saturated heterocycles. The zero-order chi connectivity index (χ0) is 23.6. The Morgan fingerprint density at radius 3 is 2.44 bits per heavy atom. The van der Waals surface area contributed by atoms with E-state index in [0.29, 0.717) is 29.9 Å². The molecule has 0 spiro atoms. The fraction of sp³-hybridized carbons (Fsp3) is 0.375. The molecule has 0 aliphatic carbocycles. The van der Waals surface area contributed by atoms with Gasteiger partial charge in [0.1, 0.15) is 11.5 Å². The van der Waals surface area contributed by atoms with Crippen molar-refractivity contribution in [2.45, 2.75) is 26.8 Å². The third-order valence-corrected chi connectivity index (χ3v) is 5.60. The molecule has 1 atom stereocenters. The highest BCUT2D eigenvalue weighted by Crippen LogP contribution is 2.40. The van der Waals surface area contributed by atoms with Gasteiger partial charge in [0.15, 0.2) is 0 Å². The Labute approximate surface area is 187 Å². The van der Waals surface area contributed by atoms with Crippen molar-refractivity contribution >= 4 is 23.4 Å². The number of rotatable bonds is 7. The highest BCUT2D eigenvalue weighted by atomic mass is 16.5. The number of hydrogen-bond donors (Lipinski definition) is 2. The number of aliphatic hydroxyl groups excluding tert-OH is 1. The molecule has 2 aromatic rings. The van der Waals surface area contributed by atoms with Crippen molar-refractivity contribution in [3.8, 4) is 0 Å². The van der Waals surface area contributed by atoms with Gasteiger partial charge in [0, 0.05) is 24.3 Å². The van der Waals surface area contributed by atoms with Crippen molar-refractivity contribution < 1.29 is 24.2 Å². The molecule has 1 aromatic carbocycles. The van der Waals surface area contributed by atoms with Crippen molar-refractivity contribution in [1.82, 2.24) is 14.8 Å². The number of likely N-dealkylation sites (N-methyl/N-ethyl adjacent to an activating group) is 1. The second kappa shape index (κ2) is 9.40. The first kappa shape index (κ1) is 23.3. The smallest absolute Gasteiger partial charge is 0.355 e. The summed E-state index contributed by atoms with van der Waals surface area (Å²) in [4.78, 5) is 44.7. The fourth-order valence-corrected chi connectivity index (χ4v) is 4.05. The summed E-state index contributed by atoms with van der Waals surface area (Å²) in [7, 11) is 3.77. The van der Waals surface area contributed by atoms with Gasteiger partial charge in [0.25, 0.3) is 11.7 Å². The molecule has 0 unspecified atom stereocenters. The molecule has 8 nitrogen and oxygen atoms in total. The molecule has 1 amide bonds. The Kier molecular flexibility index (Phi) is 6.84. The Morgan fingerprint density at radius 1 is 1.19 bits per heavy atom. The maximum atomic E-state index is 13.1. The number of carbonyl (C=O) groups is 3. The molecule has 32 heavy (non-hydrogen) atoms. The van der Waals surface area contributed by atoms with Crippen LogP contribution in [0.3, 0.4) is 0 Å². The molecule has 170 valence electrons. The summed E-state index contributed by atoms with van der Waals surface area (Å²) in [6.45, 7) is 6.18. The van der Waals surface area contributed by atoms with Crippen LogP contribution in [0.5, 0.6) is 0 Å². The number of Topliss-reactive ketones (excluding diaryl/α,β-unsaturated/α-hetero) is 1. The van der Waals surface area contributed by atoms with Crippen LogP contribution < -0.4 is 0 Å². The minimum absolute atomic E-state index is 0.0144.